The van der Waals surface area contributed by atoms with E-state index in [1.807, 2.05) is 66.2 Å². The van der Waals surface area contributed by atoms with Crippen molar-refractivity contribution in [2.45, 2.75) is 65.3 Å². The first kappa shape index (κ1) is 42.1. The highest BCUT2D eigenvalue weighted by Gasteiger charge is 2.26. The van der Waals surface area contributed by atoms with Gasteiger partial charge in [0.2, 0.25) is 5.95 Å². The second kappa shape index (κ2) is 20.2. The standard InChI is InChI=1S/C22H23N3O4.C20H29N7O/c1-4-16-6-5-7-17(12-16)25-22-18-13-20(28-10-8-26-2)21(29-11-9-27-3)14-19(18)23-15-24-22;1-6-15(20(4,5)28)24-19-25-17(22-11-14-8-7-9-21-10-14)16-18(26-19)27(12-23-16)13(2)3/h1,5-7,12-15H,8-11H2,2-3H3,(H,23,24,25);7-10,12-13,15,28H,6,11H2,1-5H3,(H2,22,24,25,26)/t;15-/m.1/s1. The number of nitrogens with zero attached hydrogens (tertiary/aromatic N) is 7. The van der Waals surface area contributed by atoms with Gasteiger partial charge in [0.1, 0.15) is 25.4 Å². The van der Waals surface area contributed by atoms with Crippen LogP contribution in [-0.2, 0) is 16.0 Å². The number of ether oxygens (including phenoxy) is 4. The lowest BCUT2D eigenvalue weighted by atomic mass is 9.97. The van der Waals surface area contributed by atoms with Crippen LogP contribution in [-0.4, -0.2) is 91.9 Å². The van der Waals surface area contributed by atoms with Gasteiger partial charge in [-0.25, -0.2) is 15.0 Å². The lowest BCUT2D eigenvalue weighted by Crippen LogP contribution is -2.41. The maximum atomic E-state index is 10.4. The van der Waals surface area contributed by atoms with Gasteiger partial charge in [0.05, 0.1) is 36.7 Å². The number of methoxy groups -OCH3 is 2. The summed E-state index contributed by atoms with van der Waals surface area (Å²) in [5, 5.41) is 21.2. The predicted molar refractivity (Wildman–Crippen MR) is 223 cm³/mol. The molecule has 0 aliphatic carbocycles. The number of pyridine rings is 1. The Labute approximate surface area is 333 Å². The number of hydrogen-bond donors (Lipinski definition) is 4. The van der Waals surface area contributed by atoms with E-state index >= 15 is 0 Å². The van der Waals surface area contributed by atoms with Crippen LogP contribution in [0.4, 0.5) is 23.3 Å². The third-order valence-corrected chi connectivity index (χ3v) is 8.81. The first-order valence-electron chi connectivity index (χ1n) is 18.8. The molecule has 6 rings (SSSR count). The van der Waals surface area contributed by atoms with Crippen LogP contribution in [0.3, 0.4) is 0 Å². The fourth-order valence-electron chi connectivity index (χ4n) is 5.79. The maximum Gasteiger partial charge on any atom is 0.227 e. The molecule has 4 aromatic heterocycles. The number of imidazole rings is 1. The monoisotopic (exact) mass is 776 g/mol. The number of rotatable bonds is 18. The Morgan fingerprint density at radius 3 is 2.32 bits per heavy atom. The molecule has 0 spiro atoms. The van der Waals surface area contributed by atoms with Crippen LogP contribution in [0.25, 0.3) is 22.1 Å². The van der Waals surface area contributed by atoms with Crippen molar-refractivity contribution in [1.29, 1.82) is 0 Å². The van der Waals surface area contributed by atoms with Gasteiger partial charge in [-0.15, -0.1) is 6.42 Å². The Balaban J connectivity index is 0.000000218. The number of anilines is 4. The summed E-state index contributed by atoms with van der Waals surface area (Å²) in [5.41, 5.74) is 3.98. The molecule has 0 aliphatic heterocycles. The molecule has 0 bridgehead atoms. The summed E-state index contributed by atoms with van der Waals surface area (Å²) in [7, 11) is 3.25. The van der Waals surface area contributed by atoms with E-state index in [2.05, 4.69) is 65.6 Å². The Hall–Kier alpha value is -6.08. The van der Waals surface area contributed by atoms with Gasteiger partial charge in [-0.2, -0.15) is 9.97 Å². The molecule has 15 nitrogen and oxygen atoms in total. The number of hydrogen-bond acceptors (Lipinski definition) is 14. The van der Waals surface area contributed by atoms with E-state index in [1.54, 1.807) is 40.6 Å². The van der Waals surface area contributed by atoms with E-state index < -0.39 is 5.60 Å². The van der Waals surface area contributed by atoms with Gasteiger partial charge < -0.3 is 44.6 Å². The van der Waals surface area contributed by atoms with Gasteiger partial charge in [0.15, 0.2) is 28.5 Å². The molecule has 0 aliphatic rings. The second-order valence-electron chi connectivity index (χ2n) is 13.9. The van der Waals surface area contributed by atoms with Crippen LogP contribution in [0.2, 0.25) is 0 Å². The Kier molecular flexibility index (Phi) is 14.9. The highest BCUT2D eigenvalue weighted by atomic mass is 16.5. The number of fused-ring (bicyclic) bond motifs is 2. The number of aromatic nitrogens is 7. The Bertz CT molecular complexity index is 2240. The minimum Gasteiger partial charge on any atom is -0.487 e. The average Bonchev–Trinajstić information content (AvgIpc) is 3.64. The number of nitrogens with one attached hydrogen (secondary N) is 3. The van der Waals surface area contributed by atoms with Crippen molar-refractivity contribution < 1.29 is 24.1 Å². The topological polar surface area (TPSA) is 176 Å². The smallest absolute Gasteiger partial charge is 0.227 e. The van der Waals surface area contributed by atoms with Crippen molar-refractivity contribution in [2.24, 2.45) is 0 Å². The SMILES string of the molecule is C#Cc1cccc(Nc2ncnc3cc(OCCOC)c(OCCOC)cc23)c1.CC[C@@H](Nc1nc(NCc2cccnc2)c2ncn(C(C)C)c2n1)C(C)(C)O. The van der Waals surface area contributed by atoms with Crippen LogP contribution >= 0.6 is 0 Å². The number of aliphatic hydroxyl groups is 1. The van der Waals surface area contributed by atoms with Gasteiger partial charge in [-0.1, -0.05) is 25.0 Å². The van der Waals surface area contributed by atoms with Crippen molar-refractivity contribution in [3.05, 3.63) is 84.7 Å². The van der Waals surface area contributed by atoms with Crippen molar-refractivity contribution >= 4 is 45.3 Å². The molecule has 300 valence electrons. The Morgan fingerprint density at radius 1 is 0.912 bits per heavy atom. The van der Waals surface area contributed by atoms with Crippen molar-refractivity contribution in [3.63, 3.8) is 0 Å². The van der Waals surface area contributed by atoms with Gasteiger partial charge in [-0.3, -0.25) is 4.98 Å². The summed E-state index contributed by atoms with van der Waals surface area (Å²) in [6, 6.07) is 15.2. The van der Waals surface area contributed by atoms with Crippen molar-refractivity contribution in [1.82, 2.24) is 34.5 Å². The zero-order chi connectivity index (χ0) is 40.8. The molecule has 15 heteroatoms. The molecule has 1 atom stereocenters. The number of terminal acetylenes is 1. The molecule has 4 N–H and O–H groups in total. The zero-order valence-corrected chi connectivity index (χ0v) is 33.6. The molecular weight excluding hydrogens is 725 g/mol. The van der Waals surface area contributed by atoms with E-state index in [0.717, 1.165) is 45.3 Å². The zero-order valence-electron chi connectivity index (χ0n) is 33.6. The van der Waals surface area contributed by atoms with Gasteiger partial charge in [0, 0.05) is 61.9 Å². The summed E-state index contributed by atoms with van der Waals surface area (Å²) >= 11 is 0. The molecule has 4 heterocycles. The molecule has 6 aromatic rings. The van der Waals surface area contributed by atoms with Gasteiger partial charge in [0.25, 0.3) is 0 Å². The summed E-state index contributed by atoms with van der Waals surface area (Å²) in [6.45, 7) is 12.1. The summed E-state index contributed by atoms with van der Waals surface area (Å²) in [5.74, 6) is 5.57. The fraction of sp³-hybridized carbons (Fsp3) is 0.381. The molecule has 0 saturated heterocycles. The quantitative estimate of drug-likeness (QED) is 0.0531. The Morgan fingerprint density at radius 2 is 1.67 bits per heavy atom. The third-order valence-electron chi connectivity index (χ3n) is 8.81. The molecule has 57 heavy (non-hydrogen) atoms. The fourth-order valence-corrected chi connectivity index (χ4v) is 5.79. The normalized spacial score (nSPS) is 11.8. The van der Waals surface area contributed by atoms with Crippen molar-refractivity contribution in [2.75, 3.05) is 56.6 Å². The first-order valence-corrected chi connectivity index (χ1v) is 18.8. The minimum atomic E-state index is -0.894. The lowest BCUT2D eigenvalue weighted by Gasteiger charge is -2.29. The average molecular weight is 777 g/mol. The third kappa shape index (κ3) is 11.5. The second-order valence-corrected chi connectivity index (χ2v) is 13.9. The van der Waals surface area contributed by atoms with E-state index in [4.69, 9.17) is 25.4 Å². The first-order chi connectivity index (χ1) is 27.5. The summed E-state index contributed by atoms with van der Waals surface area (Å²) < 4.78 is 23.8. The molecule has 0 saturated carbocycles. The van der Waals surface area contributed by atoms with E-state index in [1.165, 1.54) is 6.33 Å². The van der Waals surface area contributed by atoms with Gasteiger partial charge >= 0.3 is 0 Å². The maximum absolute atomic E-state index is 10.4. The molecule has 0 radical (unpaired) electrons. The molecular formula is C42H52N10O5. The van der Waals surface area contributed by atoms with Crippen LogP contribution in [0.5, 0.6) is 11.5 Å². The molecule has 0 amide bonds. The van der Waals surface area contributed by atoms with E-state index in [9.17, 15) is 5.11 Å². The van der Waals surface area contributed by atoms with Crippen LogP contribution in [0.1, 0.15) is 58.2 Å². The van der Waals surface area contributed by atoms with Crippen LogP contribution in [0, 0.1) is 12.3 Å². The summed E-state index contributed by atoms with van der Waals surface area (Å²) in [6.07, 6.45) is 13.1. The van der Waals surface area contributed by atoms with E-state index in [-0.39, 0.29) is 12.1 Å². The lowest BCUT2D eigenvalue weighted by molar-refractivity contribution is 0.0577. The van der Waals surface area contributed by atoms with Gasteiger partial charge in [-0.05, 0) is 70.0 Å². The van der Waals surface area contributed by atoms with Crippen molar-refractivity contribution in [3.8, 4) is 23.8 Å². The largest absolute Gasteiger partial charge is 0.487 e. The summed E-state index contributed by atoms with van der Waals surface area (Å²) in [4.78, 5) is 26.8. The minimum absolute atomic E-state index is 0.174. The molecule has 2 aromatic carbocycles. The van der Waals surface area contributed by atoms with Crippen LogP contribution < -0.4 is 25.4 Å². The molecule has 0 fully saturated rings. The van der Waals surface area contributed by atoms with Crippen LogP contribution in [0.15, 0.2) is 73.6 Å². The highest BCUT2D eigenvalue weighted by molar-refractivity contribution is 5.93. The predicted octanol–water partition coefficient (Wildman–Crippen LogP) is 6.78. The van der Waals surface area contributed by atoms with E-state index in [0.29, 0.717) is 62.1 Å². The highest BCUT2D eigenvalue weighted by Crippen LogP contribution is 2.35. The number of benzene rings is 2. The molecule has 0 unspecified atom stereocenters.